The van der Waals surface area contributed by atoms with Crippen LogP contribution in [0.4, 0.5) is 11.5 Å². The van der Waals surface area contributed by atoms with Gasteiger partial charge in [-0.05, 0) is 43.0 Å². The largest absolute Gasteiger partial charge is 0.381 e. The van der Waals surface area contributed by atoms with Crippen LogP contribution in [-0.4, -0.2) is 43.4 Å². The lowest BCUT2D eigenvalue weighted by molar-refractivity contribution is 0.0755. The number of benzene rings is 2. The predicted octanol–water partition coefficient (Wildman–Crippen LogP) is 4.72. The summed E-state index contributed by atoms with van der Waals surface area (Å²) in [5.74, 6) is 0.627. The summed E-state index contributed by atoms with van der Waals surface area (Å²) in [5.41, 5.74) is 3.57. The summed E-state index contributed by atoms with van der Waals surface area (Å²) >= 11 is 6.02. The number of nitrogens with zero attached hydrogens (tertiary/aromatic N) is 3. The topological polar surface area (TPSA) is 73.2 Å². The molecule has 0 spiro atoms. The lowest BCUT2D eigenvalue weighted by Crippen LogP contribution is -2.43. The van der Waals surface area contributed by atoms with E-state index in [9.17, 15) is 5.26 Å². The van der Waals surface area contributed by atoms with Crippen LogP contribution in [-0.2, 0) is 11.3 Å². The van der Waals surface area contributed by atoms with E-state index in [2.05, 4.69) is 27.7 Å². The molecule has 0 amide bonds. The quantitative estimate of drug-likeness (QED) is 0.553. The third-order valence-corrected chi connectivity index (χ3v) is 6.80. The molecule has 1 aromatic heterocycles. The van der Waals surface area contributed by atoms with Crippen LogP contribution < -0.4 is 15.5 Å². The molecule has 0 saturated carbocycles. The highest BCUT2D eigenvalue weighted by molar-refractivity contribution is 6.30. The minimum Gasteiger partial charge on any atom is -0.381 e. The van der Waals surface area contributed by atoms with E-state index in [0.29, 0.717) is 35.0 Å². The second kappa shape index (κ2) is 9.96. The number of aromatic nitrogens is 1. The Balaban J connectivity index is 1.42. The summed E-state index contributed by atoms with van der Waals surface area (Å²) in [5, 5.41) is 19.1. The van der Waals surface area contributed by atoms with Crippen molar-refractivity contribution in [1.82, 2.24) is 10.3 Å². The first-order valence-electron chi connectivity index (χ1n) is 11.6. The van der Waals surface area contributed by atoms with Gasteiger partial charge in [-0.2, -0.15) is 5.26 Å². The van der Waals surface area contributed by atoms with Crippen LogP contribution in [0.3, 0.4) is 0 Å². The van der Waals surface area contributed by atoms with E-state index in [1.807, 2.05) is 42.5 Å². The fraction of sp³-hybridized carbons (Fsp3) is 0.385. The first-order valence-corrected chi connectivity index (χ1v) is 12.0. The van der Waals surface area contributed by atoms with Crippen molar-refractivity contribution in [3.05, 3.63) is 64.7 Å². The molecule has 0 radical (unpaired) electrons. The number of halogens is 1. The molecule has 33 heavy (non-hydrogen) atoms. The molecule has 170 valence electrons. The van der Waals surface area contributed by atoms with Gasteiger partial charge in [0.05, 0.1) is 11.2 Å². The van der Waals surface area contributed by atoms with E-state index >= 15 is 0 Å². The van der Waals surface area contributed by atoms with Crippen LogP contribution in [0.5, 0.6) is 0 Å². The summed E-state index contributed by atoms with van der Waals surface area (Å²) < 4.78 is 5.50. The standard InChI is InChI=1S/C26H28ClN5O/c27-19-7-5-18(6-8-19)16-29-26-23(15-28)25(22-3-1-2-4-24(22)31-26)32-12-9-21(17-32)30-20-10-13-33-14-11-20/h1-8,20-21,30H,9-14,16-17H2,(H,29,31). The zero-order valence-electron chi connectivity index (χ0n) is 18.6. The van der Waals surface area contributed by atoms with Crippen molar-refractivity contribution in [1.29, 1.82) is 5.26 Å². The molecule has 2 saturated heterocycles. The van der Waals surface area contributed by atoms with Crippen molar-refractivity contribution in [2.24, 2.45) is 0 Å². The highest BCUT2D eigenvalue weighted by atomic mass is 35.5. The first kappa shape index (κ1) is 22.0. The van der Waals surface area contributed by atoms with E-state index in [4.69, 9.17) is 21.3 Å². The lowest BCUT2D eigenvalue weighted by Gasteiger charge is -2.27. The van der Waals surface area contributed by atoms with Gasteiger partial charge >= 0.3 is 0 Å². The minimum absolute atomic E-state index is 0.414. The number of pyridine rings is 1. The maximum atomic E-state index is 10.2. The Morgan fingerprint density at radius 1 is 1.06 bits per heavy atom. The van der Waals surface area contributed by atoms with E-state index in [1.54, 1.807) is 0 Å². The SMILES string of the molecule is N#Cc1c(NCc2ccc(Cl)cc2)nc2ccccc2c1N1CCC(NC2CCOCC2)C1. The molecular weight excluding hydrogens is 434 g/mol. The van der Waals surface area contributed by atoms with E-state index in [0.717, 1.165) is 67.7 Å². The number of hydrogen-bond donors (Lipinski definition) is 2. The monoisotopic (exact) mass is 461 g/mol. The average Bonchev–Trinajstić information content (AvgIpc) is 3.31. The van der Waals surface area contributed by atoms with Gasteiger partial charge in [0.25, 0.3) is 0 Å². The number of para-hydroxylation sites is 1. The predicted molar refractivity (Wildman–Crippen MR) is 133 cm³/mol. The van der Waals surface area contributed by atoms with Gasteiger partial charge in [-0.15, -0.1) is 0 Å². The molecule has 3 aromatic rings. The van der Waals surface area contributed by atoms with Crippen LogP contribution >= 0.6 is 11.6 Å². The van der Waals surface area contributed by atoms with Crippen molar-refractivity contribution in [3.8, 4) is 6.07 Å². The van der Waals surface area contributed by atoms with Crippen molar-refractivity contribution in [2.45, 2.75) is 37.9 Å². The number of nitrogens with one attached hydrogen (secondary N) is 2. The van der Waals surface area contributed by atoms with Gasteiger partial charge in [0, 0.05) is 55.3 Å². The summed E-state index contributed by atoms with van der Waals surface area (Å²) in [4.78, 5) is 7.16. The molecule has 2 aromatic carbocycles. The number of fused-ring (bicyclic) bond motifs is 1. The van der Waals surface area contributed by atoms with Crippen LogP contribution in [0.1, 0.15) is 30.4 Å². The van der Waals surface area contributed by atoms with Crippen LogP contribution in [0.15, 0.2) is 48.5 Å². The lowest BCUT2D eigenvalue weighted by atomic mass is 10.1. The van der Waals surface area contributed by atoms with Gasteiger partial charge in [0.2, 0.25) is 0 Å². The molecule has 2 fully saturated rings. The van der Waals surface area contributed by atoms with Crippen LogP contribution in [0, 0.1) is 11.3 Å². The first-order chi connectivity index (χ1) is 16.2. The molecule has 2 aliphatic rings. The van der Waals surface area contributed by atoms with Gasteiger partial charge < -0.3 is 20.3 Å². The molecule has 2 aliphatic heterocycles. The van der Waals surface area contributed by atoms with Gasteiger partial charge in [-0.25, -0.2) is 4.98 Å². The van der Waals surface area contributed by atoms with E-state index in [1.165, 1.54) is 0 Å². The molecule has 6 nitrogen and oxygen atoms in total. The van der Waals surface area contributed by atoms with E-state index in [-0.39, 0.29) is 0 Å². The molecule has 0 aliphatic carbocycles. The third kappa shape index (κ3) is 4.91. The number of rotatable bonds is 6. The second-order valence-electron chi connectivity index (χ2n) is 8.78. The van der Waals surface area contributed by atoms with Crippen LogP contribution in [0.2, 0.25) is 5.02 Å². The van der Waals surface area contributed by atoms with Crippen molar-refractivity contribution in [2.75, 3.05) is 36.5 Å². The third-order valence-electron chi connectivity index (χ3n) is 6.55. The summed E-state index contributed by atoms with van der Waals surface area (Å²) in [6.07, 6.45) is 3.19. The molecule has 1 atom stereocenters. The van der Waals surface area contributed by atoms with Gasteiger partial charge in [-0.1, -0.05) is 41.9 Å². The summed E-state index contributed by atoms with van der Waals surface area (Å²) in [6.45, 7) is 4.05. The molecule has 7 heteroatoms. The van der Waals surface area contributed by atoms with Gasteiger partial charge in [0.15, 0.2) is 0 Å². The van der Waals surface area contributed by atoms with Crippen molar-refractivity contribution in [3.63, 3.8) is 0 Å². The van der Waals surface area contributed by atoms with E-state index < -0.39 is 0 Å². The highest BCUT2D eigenvalue weighted by Gasteiger charge is 2.29. The number of ether oxygens (including phenoxy) is 1. The normalized spacial score (nSPS) is 19.0. The maximum Gasteiger partial charge on any atom is 0.147 e. The Morgan fingerprint density at radius 2 is 1.85 bits per heavy atom. The molecule has 2 N–H and O–H groups in total. The van der Waals surface area contributed by atoms with Crippen molar-refractivity contribution < 1.29 is 4.74 Å². The highest BCUT2D eigenvalue weighted by Crippen LogP contribution is 2.36. The number of nitriles is 1. The van der Waals surface area contributed by atoms with Gasteiger partial charge in [-0.3, -0.25) is 0 Å². The number of hydrogen-bond acceptors (Lipinski definition) is 6. The van der Waals surface area contributed by atoms with Gasteiger partial charge in [0.1, 0.15) is 17.5 Å². The summed E-state index contributed by atoms with van der Waals surface area (Å²) in [6, 6.07) is 19.2. The number of anilines is 2. The maximum absolute atomic E-state index is 10.2. The Hall–Kier alpha value is -2.85. The average molecular weight is 462 g/mol. The Bertz CT molecular complexity index is 1150. The fourth-order valence-corrected chi connectivity index (χ4v) is 4.97. The zero-order valence-corrected chi connectivity index (χ0v) is 19.3. The Labute approximate surface area is 199 Å². The minimum atomic E-state index is 0.414. The molecule has 0 bridgehead atoms. The molecule has 3 heterocycles. The smallest absolute Gasteiger partial charge is 0.147 e. The molecular formula is C26H28ClN5O. The Kier molecular flexibility index (Phi) is 6.63. The van der Waals surface area contributed by atoms with Crippen molar-refractivity contribution >= 4 is 34.0 Å². The zero-order chi connectivity index (χ0) is 22.6. The van der Waals surface area contributed by atoms with Crippen LogP contribution in [0.25, 0.3) is 10.9 Å². The molecule has 1 unspecified atom stereocenters. The summed E-state index contributed by atoms with van der Waals surface area (Å²) in [7, 11) is 0. The fourth-order valence-electron chi connectivity index (χ4n) is 4.84. The molecule has 5 rings (SSSR count). The second-order valence-corrected chi connectivity index (χ2v) is 9.21. The Morgan fingerprint density at radius 3 is 2.64 bits per heavy atom.